The third kappa shape index (κ3) is 3.26. The second-order valence-corrected chi connectivity index (χ2v) is 4.30. The number of ether oxygens (including phenoxy) is 1. The molecular weight excluding hydrogens is 250 g/mol. The molecule has 0 bridgehead atoms. The molecule has 0 aliphatic heterocycles. The van der Waals surface area contributed by atoms with Crippen molar-refractivity contribution in [3.63, 3.8) is 0 Å². The van der Waals surface area contributed by atoms with E-state index >= 15 is 0 Å². The lowest BCUT2D eigenvalue weighted by Gasteiger charge is -2.04. The van der Waals surface area contributed by atoms with Gasteiger partial charge in [-0.05, 0) is 42.3 Å². The Balaban J connectivity index is 2.22. The quantitative estimate of drug-likeness (QED) is 0.659. The Morgan fingerprint density at radius 1 is 1.20 bits per heavy atom. The highest BCUT2D eigenvalue weighted by molar-refractivity contribution is 5.86. The summed E-state index contributed by atoms with van der Waals surface area (Å²) in [6, 6.07) is 13.0. The van der Waals surface area contributed by atoms with Crippen molar-refractivity contribution in [3.8, 4) is 11.5 Å². The molecule has 3 nitrogen and oxygen atoms in total. The van der Waals surface area contributed by atoms with E-state index in [4.69, 9.17) is 4.74 Å². The van der Waals surface area contributed by atoms with Crippen LogP contribution >= 0.6 is 0 Å². The predicted octanol–water partition coefficient (Wildman–Crippen LogP) is 3.88. The van der Waals surface area contributed by atoms with Gasteiger partial charge in [-0.3, -0.25) is 4.99 Å². The van der Waals surface area contributed by atoms with E-state index in [1.165, 1.54) is 0 Å². The third-order valence-electron chi connectivity index (χ3n) is 2.94. The van der Waals surface area contributed by atoms with Gasteiger partial charge in [-0.15, -0.1) is 6.58 Å². The van der Waals surface area contributed by atoms with Crippen molar-refractivity contribution < 1.29 is 9.84 Å². The van der Waals surface area contributed by atoms with Crippen LogP contribution in [0.1, 0.15) is 11.1 Å². The van der Waals surface area contributed by atoms with Crippen LogP contribution in [0.5, 0.6) is 11.5 Å². The Bertz CT molecular complexity index is 615. The molecule has 0 radical (unpaired) electrons. The summed E-state index contributed by atoms with van der Waals surface area (Å²) in [7, 11) is 1.63. The molecule has 20 heavy (non-hydrogen) atoms. The van der Waals surface area contributed by atoms with Gasteiger partial charge < -0.3 is 9.84 Å². The number of para-hydroxylation sites is 1. The molecule has 0 unspecified atom stereocenters. The van der Waals surface area contributed by atoms with E-state index in [9.17, 15) is 5.11 Å². The van der Waals surface area contributed by atoms with E-state index in [2.05, 4.69) is 11.6 Å². The van der Waals surface area contributed by atoms with E-state index < -0.39 is 0 Å². The summed E-state index contributed by atoms with van der Waals surface area (Å²) in [5.74, 6) is 1.05. The minimum Gasteiger partial charge on any atom is -0.507 e. The summed E-state index contributed by atoms with van der Waals surface area (Å²) in [5.41, 5.74) is 2.35. The second-order valence-electron chi connectivity index (χ2n) is 4.30. The Labute approximate surface area is 118 Å². The predicted molar refractivity (Wildman–Crippen MR) is 82.3 cm³/mol. The molecule has 102 valence electrons. The van der Waals surface area contributed by atoms with Crippen molar-refractivity contribution >= 4 is 11.9 Å². The molecule has 0 atom stereocenters. The second kappa shape index (κ2) is 6.57. The highest BCUT2D eigenvalue weighted by Gasteiger charge is 2.03. The monoisotopic (exact) mass is 267 g/mol. The van der Waals surface area contributed by atoms with Crippen LogP contribution in [0.15, 0.2) is 60.1 Å². The topological polar surface area (TPSA) is 41.8 Å². The molecule has 1 N–H and O–H groups in total. The average molecular weight is 267 g/mol. The Hall–Kier alpha value is -2.55. The van der Waals surface area contributed by atoms with Crippen molar-refractivity contribution in [1.82, 2.24) is 0 Å². The number of benzene rings is 2. The number of phenols is 1. The van der Waals surface area contributed by atoms with Gasteiger partial charge in [0.25, 0.3) is 0 Å². The van der Waals surface area contributed by atoms with Crippen molar-refractivity contribution in [3.05, 3.63) is 66.2 Å². The number of aromatic hydroxyl groups is 1. The molecule has 2 aromatic carbocycles. The van der Waals surface area contributed by atoms with Crippen LogP contribution in [0, 0.1) is 0 Å². The van der Waals surface area contributed by atoms with Gasteiger partial charge in [0, 0.05) is 11.8 Å². The first-order valence-corrected chi connectivity index (χ1v) is 6.34. The molecule has 0 aliphatic carbocycles. The molecule has 0 aliphatic rings. The Morgan fingerprint density at radius 3 is 2.60 bits per heavy atom. The molecule has 0 heterocycles. The van der Waals surface area contributed by atoms with Crippen LogP contribution in [0.3, 0.4) is 0 Å². The molecule has 0 fully saturated rings. The lowest BCUT2D eigenvalue weighted by atomic mass is 10.1. The normalized spacial score (nSPS) is 10.7. The van der Waals surface area contributed by atoms with E-state index in [-0.39, 0.29) is 5.75 Å². The number of nitrogens with zero attached hydrogens (tertiary/aromatic N) is 1. The minimum atomic E-state index is 0.254. The molecule has 0 spiro atoms. The first kappa shape index (κ1) is 13.9. The van der Waals surface area contributed by atoms with Crippen LogP contribution < -0.4 is 4.74 Å². The van der Waals surface area contributed by atoms with Crippen LogP contribution in [0.2, 0.25) is 0 Å². The maximum absolute atomic E-state index is 10.1. The molecule has 0 amide bonds. The first-order valence-electron chi connectivity index (χ1n) is 6.34. The number of allylic oxidation sites excluding steroid dienone is 1. The maximum Gasteiger partial charge on any atom is 0.127 e. The summed E-state index contributed by atoms with van der Waals surface area (Å²) in [6.07, 6.45) is 4.05. The molecular formula is C17H17NO2. The van der Waals surface area contributed by atoms with Gasteiger partial charge in [0.2, 0.25) is 0 Å². The van der Waals surface area contributed by atoms with E-state index in [1.807, 2.05) is 42.5 Å². The van der Waals surface area contributed by atoms with Crippen molar-refractivity contribution in [2.45, 2.75) is 6.42 Å². The smallest absolute Gasteiger partial charge is 0.127 e. The number of phenolic OH excluding ortho intramolecular Hbond substituents is 1. The first-order chi connectivity index (χ1) is 9.74. The average Bonchev–Trinajstić information content (AvgIpc) is 2.49. The fourth-order valence-electron chi connectivity index (χ4n) is 1.85. The largest absolute Gasteiger partial charge is 0.507 e. The van der Waals surface area contributed by atoms with Gasteiger partial charge in [-0.2, -0.15) is 0 Å². The van der Waals surface area contributed by atoms with Crippen LogP contribution in [0.25, 0.3) is 0 Å². The molecule has 2 rings (SSSR count). The zero-order valence-corrected chi connectivity index (χ0v) is 11.4. The maximum atomic E-state index is 10.1. The number of aliphatic imine (C=N–C) groups is 1. The van der Waals surface area contributed by atoms with Crippen LogP contribution in [-0.4, -0.2) is 18.4 Å². The zero-order valence-electron chi connectivity index (χ0n) is 11.4. The summed E-state index contributed by atoms with van der Waals surface area (Å²) >= 11 is 0. The van der Waals surface area contributed by atoms with Crippen molar-refractivity contribution in [2.24, 2.45) is 4.99 Å². The standard InChI is InChI=1S/C17H17NO2/c1-3-5-13-6-4-7-14(17(13)19)12-18-15-8-10-16(20-2)11-9-15/h3-4,6-12,19H,1,5H2,2H3. The Kier molecular flexibility index (Phi) is 4.56. The SMILES string of the molecule is C=CCc1cccc(C=Nc2ccc(OC)cc2)c1O. The highest BCUT2D eigenvalue weighted by atomic mass is 16.5. The molecule has 3 heteroatoms. The molecule has 0 saturated heterocycles. The summed E-state index contributed by atoms with van der Waals surface area (Å²) in [4.78, 5) is 4.35. The summed E-state index contributed by atoms with van der Waals surface area (Å²) in [6.45, 7) is 3.68. The van der Waals surface area contributed by atoms with E-state index in [1.54, 1.807) is 19.4 Å². The number of rotatable bonds is 5. The van der Waals surface area contributed by atoms with E-state index in [0.29, 0.717) is 12.0 Å². The van der Waals surface area contributed by atoms with Crippen molar-refractivity contribution in [2.75, 3.05) is 7.11 Å². The zero-order chi connectivity index (χ0) is 14.4. The van der Waals surface area contributed by atoms with Gasteiger partial charge in [-0.1, -0.05) is 18.2 Å². The summed E-state index contributed by atoms with van der Waals surface area (Å²) in [5, 5.41) is 10.1. The molecule has 0 saturated carbocycles. The number of hydrogen-bond donors (Lipinski definition) is 1. The van der Waals surface area contributed by atoms with E-state index in [0.717, 1.165) is 17.0 Å². The fourth-order valence-corrected chi connectivity index (χ4v) is 1.85. The van der Waals surface area contributed by atoms with Gasteiger partial charge in [0.05, 0.1) is 12.8 Å². The molecule has 0 aromatic heterocycles. The van der Waals surface area contributed by atoms with Gasteiger partial charge in [-0.25, -0.2) is 0 Å². The number of methoxy groups -OCH3 is 1. The van der Waals surface area contributed by atoms with Gasteiger partial charge >= 0.3 is 0 Å². The van der Waals surface area contributed by atoms with Crippen LogP contribution in [0.4, 0.5) is 5.69 Å². The lowest BCUT2D eigenvalue weighted by molar-refractivity contribution is 0.415. The number of hydrogen-bond acceptors (Lipinski definition) is 3. The van der Waals surface area contributed by atoms with Crippen LogP contribution in [-0.2, 0) is 6.42 Å². The minimum absolute atomic E-state index is 0.254. The van der Waals surface area contributed by atoms with Gasteiger partial charge in [0.1, 0.15) is 11.5 Å². The highest BCUT2D eigenvalue weighted by Crippen LogP contribution is 2.23. The van der Waals surface area contributed by atoms with Crippen molar-refractivity contribution in [1.29, 1.82) is 0 Å². The van der Waals surface area contributed by atoms with Gasteiger partial charge in [0.15, 0.2) is 0 Å². The molecule has 2 aromatic rings. The third-order valence-corrected chi connectivity index (χ3v) is 2.94. The Morgan fingerprint density at radius 2 is 1.95 bits per heavy atom. The fraction of sp³-hybridized carbons (Fsp3) is 0.118. The lowest BCUT2D eigenvalue weighted by Crippen LogP contribution is -1.88. The summed E-state index contributed by atoms with van der Waals surface area (Å²) < 4.78 is 5.09.